The predicted octanol–water partition coefficient (Wildman–Crippen LogP) is 2.92. The van der Waals surface area contributed by atoms with E-state index >= 15 is 0 Å². The van der Waals surface area contributed by atoms with Gasteiger partial charge in [-0.3, -0.25) is 4.79 Å². The zero-order chi connectivity index (χ0) is 15.5. The monoisotopic (exact) mass is 289 g/mol. The lowest BCUT2D eigenvalue weighted by molar-refractivity contribution is -0.121. The summed E-state index contributed by atoms with van der Waals surface area (Å²) in [5.41, 5.74) is 2.71. The summed E-state index contributed by atoms with van der Waals surface area (Å²) in [6, 6.07) is 6.29. The van der Waals surface area contributed by atoms with Crippen LogP contribution in [0.4, 0.5) is 11.4 Å². The lowest BCUT2D eigenvalue weighted by Crippen LogP contribution is -2.49. The number of nitrogens with zero attached hydrogens (tertiary/aromatic N) is 1. The third kappa shape index (κ3) is 3.76. The Bertz CT molecular complexity index is 505. The zero-order valence-electron chi connectivity index (χ0n) is 13.6. The number of likely N-dealkylation sites (N-methyl/N-ethyl adjacent to an activating group) is 1. The maximum absolute atomic E-state index is 12.3. The molecule has 2 rings (SSSR count). The van der Waals surface area contributed by atoms with Crippen molar-refractivity contribution in [2.24, 2.45) is 0 Å². The van der Waals surface area contributed by atoms with Gasteiger partial charge < -0.3 is 15.5 Å². The molecule has 0 atom stereocenters. The van der Waals surface area contributed by atoms with E-state index in [2.05, 4.69) is 34.6 Å². The smallest absolute Gasteiger partial charge is 0.244 e. The van der Waals surface area contributed by atoms with Crippen molar-refractivity contribution in [1.82, 2.24) is 5.32 Å². The average molecular weight is 289 g/mol. The molecule has 0 spiro atoms. The van der Waals surface area contributed by atoms with Crippen LogP contribution in [-0.2, 0) is 4.79 Å². The van der Waals surface area contributed by atoms with E-state index in [1.54, 1.807) is 0 Å². The van der Waals surface area contributed by atoms with E-state index in [0.29, 0.717) is 0 Å². The van der Waals surface area contributed by atoms with Crippen LogP contribution < -0.4 is 15.5 Å². The molecule has 1 heterocycles. The van der Waals surface area contributed by atoms with Gasteiger partial charge in [-0.15, -0.1) is 0 Å². The van der Waals surface area contributed by atoms with Gasteiger partial charge in [0.25, 0.3) is 0 Å². The van der Waals surface area contributed by atoms with Crippen LogP contribution in [0.1, 0.15) is 39.2 Å². The van der Waals surface area contributed by atoms with Crippen molar-refractivity contribution in [3.8, 4) is 0 Å². The van der Waals surface area contributed by atoms with Gasteiger partial charge in [0.05, 0.1) is 5.54 Å². The van der Waals surface area contributed by atoms with Crippen LogP contribution in [0, 0.1) is 6.92 Å². The second kappa shape index (κ2) is 6.48. The molecule has 0 radical (unpaired) electrons. The van der Waals surface area contributed by atoms with E-state index < -0.39 is 5.54 Å². The van der Waals surface area contributed by atoms with E-state index in [9.17, 15) is 4.79 Å². The lowest BCUT2D eigenvalue weighted by Gasteiger charge is -2.25. The molecule has 4 heteroatoms. The van der Waals surface area contributed by atoms with E-state index in [1.807, 2.05) is 26.8 Å². The van der Waals surface area contributed by atoms with Crippen LogP contribution in [0.15, 0.2) is 18.2 Å². The molecule has 1 aliphatic rings. The van der Waals surface area contributed by atoms with Crippen LogP contribution in [0.3, 0.4) is 0 Å². The summed E-state index contributed by atoms with van der Waals surface area (Å²) in [5.74, 6) is 0.00127. The predicted molar refractivity (Wildman–Crippen MR) is 89.0 cm³/mol. The first kappa shape index (κ1) is 15.8. The number of hydrogen-bond donors (Lipinski definition) is 2. The Hall–Kier alpha value is -1.55. The van der Waals surface area contributed by atoms with E-state index in [1.165, 1.54) is 18.5 Å². The first-order valence-electron chi connectivity index (χ1n) is 7.86. The molecule has 1 aromatic rings. The van der Waals surface area contributed by atoms with Gasteiger partial charge in [-0.2, -0.15) is 0 Å². The van der Waals surface area contributed by atoms with Gasteiger partial charge in [-0.05, 0) is 63.9 Å². The minimum atomic E-state index is -0.561. The molecule has 0 unspecified atom stereocenters. The van der Waals surface area contributed by atoms with Crippen molar-refractivity contribution in [2.45, 2.75) is 46.1 Å². The highest BCUT2D eigenvalue weighted by molar-refractivity contribution is 5.98. The van der Waals surface area contributed by atoms with Crippen LogP contribution >= 0.6 is 0 Å². The summed E-state index contributed by atoms with van der Waals surface area (Å²) >= 11 is 0. The molecule has 0 bridgehead atoms. The molecule has 4 nitrogen and oxygen atoms in total. The van der Waals surface area contributed by atoms with Gasteiger partial charge in [0.15, 0.2) is 0 Å². The number of carbonyl (C=O) groups excluding carboxylic acids is 1. The topological polar surface area (TPSA) is 44.4 Å². The number of carbonyl (C=O) groups is 1. The van der Waals surface area contributed by atoms with E-state index in [0.717, 1.165) is 30.9 Å². The van der Waals surface area contributed by atoms with Crippen LogP contribution in [0.5, 0.6) is 0 Å². The maximum atomic E-state index is 12.3. The Balaban J connectivity index is 2.09. The molecule has 1 saturated heterocycles. The Labute approximate surface area is 127 Å². The molecule has 1 aromatic carbocycles. The number of anilines is 2. The summed E-state index contributed by atoms with van der Waals surface area (Å²) in [6.45, 7) is 10.9. The molecular weight excluding hydrogens is 262 g/mol. The number of rotatable bonds is 5. The van der Waals surface area contributed by atoms with E-state index in [4.69, 9.17) is 0 Å². The highest BCUT2D eigenvalue weighted by Gasteiger charge is 2.26. The fourth-order valence-corrected chi connectivity index (χ4v) is 2.76. The minimum Gasteiger partial charge on any atom is -0.372 e. The Morgan fingerprint density at radius 2 is 1.95 bits per heavy atom. The standard InChI is InChI=1S/C17H27N3O/c1-5-18-17(3,4)16(21)19-15-9-8-14(12-13(15)2)20-10-6-7-11-20/h8-9,12,18H,5-7,10-11H2,1-4H3,(H,19,21). The highest BCUT2D eigenvalue weighted by Crippen LogP contribution is 2.26. The summed E-state index contributed by atoms with van der Waals surface area (Å²) in [6.07, 6.45) is 2.54. The molecule has 1 fully saturated rings. The third-order valence-corrected chi connectivity index (χ3v) is 4.12. The number of hydrogen-bond acceptors (Lipinski definition) is 3. The Kier molecular flexibility index (Phi) is 4.88. The number of amides is 1. The van der Waals surface area contributed by atoms with Crippen molar-refractivity contribution < 1.29 is 4.79 Å². The van der Waals surface area contributed by atoms with Crippen molar-refractivity contribution in [3.05, 3.63) is 23.8 Å². The molecule has 0 saturated carbocycles. The largest absolute Gasteiger partial charge is 0.372 e. The summed E-state index contributed by atoms with van der Waals surface area (Å²) < 4.78 is 0. The fraction of sp³-hybridized carbons (Fsp3) is 0.588. The quantitative estimate of drug-likeness (QED) is 0.876. The molecule has 1 aliphatic heterocycles. The highest BCUT2D eigenvalue weighted by atomic mass is 16.2. The molecule has 116 valence electrons. The van der Waals surface area contributed by atoms with E-state index in [-0.39, 0.29) is 5.91 Å². The van der Waals surface area contributed by atoms with Gasteiger partial charge in [0.1, 0.15) is 0 Å². The normalized spacial score (nSPS) is 15.3. The molecule has 0 aromatic heterocycles. The second-order valence-electron chi connectivity index (χ2n) is 6.30. The van der Waals surface area contributed by atoms with Gasteiger partial charge in [-0.1, -0.05) is 6.92 Å². The van der Waals surface area contributed by atoms with Crippen molar-refractivity contribution in [2.75, 3.05) is 29.9 Å². The number of nitrogens with one attached hydrogen (secondary N) is 2. The van der Waals surface area contributed by atoms with Gasteiger partial charge >= 0.3 is 0 Å². The molecular formula is C17H27N3O. The average Bonchev–Trinajstić information content (AvgIpc) is 2.94. The molecule has 21 heavy (non-hydrogen) atoms. The third-order valence-electron chi connectivity index (χ3n) is 4.12. The summed E-state index contributed by atoms with van der Waals surface area (Å²) in [7, 11) is 0. The Morgan fingerprint density at radius 3 is 2.52 bits per heavy atom. The van der Waals surface area contributed by atoms with Crippen LogP contribution in [0.2, 0.25) is 0 Å². The summed E-state index contributed by atoms with van der Waals surface area (Å²) in [4.78, 5) is 14.7. The van der Waals surface area contributed by atoms with Crippen molar-refractivity contribution >= 4 is 17.3 Å². The van der Waals surface area contributed by atoms with Crippen molar-refractivity contribution in [3.63, 3.8) is 0 Å². The molecule has 0 aliphatic carbocycles. The van der Waals surface area contributed by atoms with Crippen LogP contribution in [-0.4, -0.2) is 31.1 Å². The van der Waals surface area contributed by atoms with Gasteiger partial charge in [-0.25, -0.2) is 0 Å². The molecule has 2 N–H and O–H groups in total. The second-order valence-corrected chi connectivity index (χ2v) is 6.30. The number of benzene rings is 1. The first-order chi connectivity index (χ1) is 9.94. The van der Waals surface area contributed by atoms with Crippen LogP contribution in [0.25, 0.3) is 0 Å². The number of aryl methyl sites for hydroxylation is 1. The fourth-order valence-electron chi connectivity index (χ4n) is 2.76. The van der Waals surface area contributed by atoms with Gasteiger partial charge in [0.2, 0.25) is 5.91 Å². The SMILES string of the molecule is CCNC(C)(C)C(=O)Nc1ccc(N2CCCC2)cc1C. The minimum absolute atomic E-state index is 0.00127. The zero-order valence-corrected chi connectivity index (χ0v) is 13.6. The maximum Gasteiger partial charge on any atom is 0.244 e. The van der Waals surface area contributed by atoms with Gasteiger partial charge in [0, 0.05) is 24.5 Å². The summed E-state index contributed by atoms with van der Waals surface area (Å²) in [5, 5.41) is 6.23. The van der Waals surface area contributed by atoms with Crippen molar-refractivity contribution in [1.29, 1.82) is 0 Å². The first-order valence-corrected chi connectivity index (χ1v) is 7.86. The Morgan fingerprint density at radius 1 is 1.29 bits per heavy atom. The lowest BCUT2D eigenvalue weighted by atomic mass is 10.0. The molecule has 1 amide bonds.